The van der Waals surface area contributed by atoms with Gasteiger partial charge in [0.05, 0.1) is 38.1 Å². The molecule has 1 saturated heterocycles. The Morgan fingerprint density at radius 3 is 2.32 bits per heavy atom. The van der Waals surface area contributed by atoms with Gasteiger partial charge in [0.2, 0.25) is 5.91 Å². The highest BCUT2D eigenvalue weighted by Crippen LogP contribution is 2.34. The van der Waals surface area contributed by atoms with Gasteiger partial charge < -0.3 is 35.0 Å². The van der Waals surface area contributed by atoms with Crippen molar-refractivity contribution in [2.75, 3.05) is 50.6 Å². The molecule has 1 aliphatic carbocycles. The minimum Gasteiger partial charge on any atom is -0.493 e. The third-order valence-corrected chi connectivity index (χ3v) is 7.77. The number of benzene rings is 2. The number of nitrogens with zero attached hydrogens (tertiary/aromatic N) is 3. The van der Waals surface area contributed by atoms with E-state index in [0.717, 1.165) is 18.5 Å². The third kappa shape index (κ3) is 7.08. The molecule has 1 saturated carbocycles. The van der Waals surface area contributed by atoms with Crippen molar-refractivity contribution in [3.8, 4) is 11.5 Å². The number of ether oxygens (including phenoxy) is 2. The first kappa shape index (κ1) is 30.3. The predicted molar refractivity (Wildman–Crippen MR) is 162 cm³/mol. The molecule has 12 nitrogen and oxygen atoms in total. The molecule has 3 aromatic rings. The van der Waals surface area contributed by atoms with E-state index in [1.54, 1.807) is 59.6 Å². The highest BCUT2D eigenvalue weighted by molar-refractivity contribution is 6.01. The van der Waals surface area contributed by atoms with Crippen LogP contribution in [0, 0.1) is 5.92 Å². The second kappa shape index (κ2) is 13.4. The fourth-order valence-corrected chi connectivity index (χ4v) is 5.19. The van der Waals surface area contributed by atoms with Gasteiger partial charge in [-0.05, 0) is 60.9 Å². The monoisotopic (exact) mass is 601 g/mol. The number of carboxylic acid groups (broad SMARTS) is 1. The summed E-state index contributed by atoms with van der Waals surface area (Å²) < 4.78 is 10.6. The van der Waals surface area contributed by atoms with E-state index >= 15 is 0 Å². The molecule has 3 amide bonds. The first-order valence-electron chi connectivity index (χ1n) is 14.4. The van der Waals surface area contributed by atoms with Gasteiger partial charge >= 0.3 is 5.97 Å². The Kier molecular flexibility index (Phi) is 9.27. The Labute approximate surface area is 255 Å². The lowest BCUT2D eigenvalue weighted by atomic mass is 10.0. The number of carbonyl (C=O) groups is 4. The second-order valence-corrected chi connectivity index (χ2v) is 10.8. The molecule has 1 unspecified atom stereocenters. The van der Waals surface area contributed by atoms with E-state index in [0.29, 0.717) is 54.5 Å². The van der Waals surface area contributed by atoms with E-state index in [2.05, 4.69) is 20.5 Å². The first-order valence-corrected chi connectivity index (χ1v) is 14.4. The summed E-state index contributed by atoms with van der Waals surface area (Å²) in [4.78, 5) is 58.7. The average molecular weight is 602 g/mol. The van der Waals surface area contributed by atoms with Gasteiger partial charge in [-0.2, -0.15) is 0 Å². The van der Waals surface area contributed by atoms with Crippen molar-refractivity contribution in [2.45, 2.75) is 25.3 Å². The van der Waals surface area contributed by atoms with Crippen LogP contribution in [-0.4, -0.2) is 79.1 Å². The minimum atomic E-state index is -1.06. The van der Waals surface area contributed by atoms with Crippen LogP contribution in [0.1, 0.15) is 51.6 Å². The lowest BCUT2D eigenvalue weighted by Crippen LogP contribution is -2.49. The van der Waals surface area contributed by atoms with Gasteiger partial charge in [-0.25, -0.2) is 0 Å². The molecule has 44 heavy (non-hydrogen) atoms. The number of carboxylic acids is 1. The number of aliphatic carboxylic acids is 1. The summed E-state index contributed by atoms with van der Waals surface area (Å²) in [6, 6.07) is 12.7. The normalized spacial score (nSPS) is 15.2. The van der Waals surface area contributed by atoms with E-state index in [1.807, 2.05) is 0 Å². The molecule has 2 aliphatic rings. The largest absolute Gasteiger partial charge is 0.493 e. The number of hydrogen-bond donors (Lipinski definition) is 3. The van der Waals surface area contributed by atoms with E-state index in [4.69, 9.17) is 9.47 Å². The third-order valence-electron chi connectivity index (χ3n) is 7.77. The number of pyridine rings is 1. The van der Waals surface area contributed by atoms with Crippen LogP contribution in [0.4, 0.5) is 11.4 Å². The molecular formula is C32H35N5O7. The predicted octanol–water partition coefficient (Wildman–Crippen LogP) is 3.36. The van der Waals surface area contributed by atoms with Crippen molar-refractivity contribution in [1.82, 2.24) is 15.2 Å². The van der Waals surface area contributed by atoms with Gasteiger partial charge in [0, 0.05) is 55.6 Å². The van der Waals surface area contributed by atoms with Crippen molar-refractivity contribution >= 4 is 35.1 Å². The van der Waals surface area contributed by atoms with Crippen LogP contribution < -0.4 is 25.0 Å². The summed E-state index contributed by atoms with van der Waals surface area (Å²) in [6.07, 6.45) is 4.42. The Morgan fingerprint density at radius 2 is 1.68 bits per heavy atom. The SMILES string of the molecule is COc1ccc(C(=O)N2CCN(c3ccc(C(=O)NC(CC(=O)O)c4cccnc4)cc3NC(=O)C3CC3)CC2)cc1OC. The van der Waals surface area contributed by atoms with E-state index in [9.17, 15) is 24.3 Å². The summed E-state index contributed by atoms with van der Waals surface area (Å²) >= 11 is 0. The van der Waals surface area contributed by atoms with E-state index < -0.39 is 17.9 Å². The van der Waals surface area contributed by atoms with Crippen LogP contribution >= 0.6 is 0 Å². The van der Waals surface area contributed by atoms with Gasteiger partial charge in [-0.15, -0.1) is 0 Å². The molecule has 2 fully saturated rings. The summed E-state index contributed by atoms with van der Waals surface area (Å²) in [6.45, 7) is 1.93. The second-order valence-electron chi connectivity index (χ2n) is 10.8. The Balaban J connectivity index is 1.32. The number of amides is 3. The smallest absolute Gasteiger partial charge is 0.305 e. The molecule has 12 heteroatoms. The molecule has 0 radical (unpaired) electrons. The summed E-state index contributed by atoms with van der Waals surface area (Å²) in [5.41, 5.74) is 2.58. The number of nitrogens with one attached hydrogen (secondary N) is 2. The lowest BCUT2D eigenvalue weighted by molar-refractivity contribution is -0.137. The molecule has 230 valence electrons. The molecule has 1 aromatic heterocycles. The van der Waals surface area contributed by atoms with E-state index in [1.165, 1.54) is 20.4 Å². The van der Waals surface area contributed by atoms with Crippen LogP contribution in [0.2, 0.25) is 0 Å². The molecule has 1 atom stereocenters. The van der Waals surface area contributed by atoms with Crippen molar-refractivity contribution < 1.29 is 33.8 Å². The highest BCUT2D eigenvalue weighted by Gasteiger charge is 2.31. The van der Waals surface area contributed by atoms with Gasteiger partial charge in [0.15, 0.2) is 11.5 Å². The Morgan fingerprint density at radius 1 is 0.955 bits per heavy atom. The zero-order valence-electron chi connectivity index (χ0n) is 24.6. The van der Waals surface area contributed by atoms with Crippen molar-refractivity contribution in [3.05, 3.63) is 77.6 Å². The fraction of sp³-hybridized carbons (Fsp3) is 0.344. The topological polar surface area (TPSA) is 150 Å². The minimum absolute atomic E-state index is 0.0539. The number of hydrogen-bond acceptors (Lipinski definition) is 8. The lowest BCUT2D eigenvalue weighted by Gasteiger charge is -2.37. The Hall–Kier alpha value is -5.13. The van der Waals surface area contributed by atoms with Crippen LogP contribution in [0.3, 0.4) is 0 Å². The average Bonchev–Trinajstić information content (AvgIpc) is 3.90. The quantitative estimate of drug-likeness (QED) is 0.301. The number of methoxy groups -OCH3 is 2. The Bertz CT molecular complexity index is 1540. The zero-order chi connectivity index (χ0) is 31.2. The molecule has 3 N–H and O–H groups in total. The number of piperazine rings is 1. The van der Waals surface area contributed by atoms with Crippen LogP contribution in [0.25, 0.3) is 0 Å². The van der Waals surface area contributed by atoms with Gasteiger partial charge in [-0.1, -0.05) is 6.07 Å². The molecule has 1 aliphatic heterocycles. The standard InChI is InChI=1S/C32H35N5O7/c1-43-27-10-8-22(17-28(27)44-2)32(42)37-14-12-36(13-15-37)26-9-7-21(16-25(26)35-30(40)20-5-6-20)31(41)34-24(18-29(38)39)23-4-3-11-33-19-23/h3-4,7-11,16-17,19-20,24H,5-6,12-15,18H2,1-2H3,(H,34,41)(H,35,40)(H,38,39). The summed E-state index contributed by atoms with van der Waals surface area (Å²) in [7, 11) is 3.06. The van der Waals surface area contributed by atoms with Crippen LogP contribution in [0.15, 0.2) is 60.9 Å². The molecule has 0 spiro atoms. The molecule has 5 rings (SSSR count). The highest BCUT2D eigenvalue weighted by atomic mass is 16.5. The molecule has 0 bridgehead atoms. The first-order chi connectivity index (χ1) is 21.3. The summed E-state index contributed by atoms with van der Waals surface area (Å²) in [5.74, 6) is -0.793. The van der Waals surface area contributed by atoms with Gasteiger partial charge in [0.25, 0.3) is 11.8 Å². The fourth-order valence-electron chi connectivity index (χ4n) is 5.19. The number of aromatic nitrogens is 1. The maximum absolute atomic E-state index is 13.3. The van der Waals surface area contributed by atoms with E-state index in [-0.39, 0.29) is 29.7 Å². The molecular weight excluding hydrogens is 566 g/mol. The van der Waals surface area contributed by atoms with Crippen molar-refractivity contribution in [1.29, 1.82) is 0 Å². The van der Waals surface area contributed by atoms with Crippen molar-refractivity contribution in [3.63, 3.8) is 0 Å². The zero-order valence-corrected chi connectivity index (χ0v) is 24.6. The summed E-state index contributed by atoms with van der Waals surface area (Å²) in [5, 5.41) is 15.2. The molecule has 2 heterocycles. The van der Waals surface area contributed by atoms with Gasteiger partial charge in [-0.3, -0.25) is 24.2 Å². The van der Waals surface area contributed by atoms with Crippen LogP contribution in [0.5, 0.6) is 11.5 Å². The van der Waals surface area contributed by atoms with Gasteiger partial charge in [0.1, 0.15) is 0 Å². The number of anilines is 2. The number of carbonyl (C=O) groups excluding carboxylic acids is 3. The maximum Gasteiger partial charge on any atom is 0.305 e. The molecule has 2 aromatic carbocycles. The number of rotatable bonds is 11. The maximum atomic E-state index is 13.3. The van der Waals surface area contributed by atoms with Crippen LogP contribution in [-0.2, 0) is 9.59 Å². The van der Waals surface area contributed by atoms with Crippen molar-refractivity contribution in [2.24, 2.45) is 5.92 Å².